The molecule has 0 atom stereocenters. The van der Waals surface area contributed by atoms with Crippen molar-refractivity contribution in [3.8, 4) is 0 Å². The van der Waals surface area contributed by atoms with Gasteiger partial charge < -0.3 is 5.32 Å². The van der Waals surface area contributed by atoms with Gasteiger partial charge in [0.15, 0.2) is 0 Å². The maximum atomic E-state index is 12.4. The molecule has 1 aromatic rings. The van der Waals surface area contributed by atoms with E-state index in [1.807, 2.05) is 20.9 Å². The van der Waals surface area contributed by atoms with E-state index in [2.05, 4.69) is 11.9 Å². The van der Waals surface area contributed by atoms with E-state index >= 15 is 0 Å². The molecule has 1 rings (SSSR count). The monoisotopic (exact) mass is 288 g/mol. The average Bonchev–Trinajstić information content (AvgIpc) is 2.75. The lowest BCUT2D eigenvalue weighted by Gasteiger charge is -2.19. The lowest BCUT2D eigenvalue weighted by Crippen LogP contribution is -2.32. The number of likely N-dealkylation sites (N-methyl/N-ethyl adjacent to an activating group) is 1. The number of hydrogen-bond acceptors (Lipinski definition) is 4. The molecule has 0 amide bonds. The van der Waals surface area contributed by atoms with Crippen LogP contribution in [0.1, 0.15) is 18.7 Å². The Morgan fingerprint density at radius 1 is 1.56 bits per heavy atom. The second-order valence-electron chi connectivity index (χ2n) is 4.17. The first-order valence-electron chi connectivity index (χ1n) is 5.78. The van der Waals surface area contributed by atoms with Gasteiger partial charge in [-0.3, -0.25) is 0 Å². The largest absolute Gasteiger partial charge is 0.315 e. The van der Waals surface area contributed by atoms with Gasteiger partial charge in [0.1, 0.15) is 0 Å². The second-order valence-corrected chi connectivity index (χ2v) is 7.10. The third-order valence-corrected chi connectivity index (χ3v) is 5.40. The molecule has 0 bridgehead atoms. The fraction of sp³-hybridized carbons (Fsp3) is 0.500. The van der Waals surface area contributed by atoms with Crippen molar-refractivity contribution in [2.45, 2.75) is 25.3 Å². The van der Waals surface area contributed by atoms with Crippen LogP contribution in [0.3, 0.4) is 0 Å². The summed E-state index contributed by atoms with van der Waals surface area (Å²) in [6.07, 6.45) is 0. The molecule has 0 unspecified atom stereocenters. The maximum Gasteiger partial charge on any atom is 0.244 e. The van der Waals surface area contributed by atoms with Crippen LogP contribution >= 0.6 is 11.3 Å². The Labute approximate surface area is 113 Å². The summed E-state index contributed by atoms with van der Waals surface area (Å²) in [4.78, 5) is 1.39. The summed E-state index contributed by atoms with van der Waals surface area (Å²) in [6.45, 7) is 8.95. The van der Waals surface area contributed by atoms with Gasteiger partial charge in [0.05, 0.1) is 4.90 Å². The van der Waals surface area contributed by atoms with E-state index in [1.54, 1.807) is 11.4 Å². The van der Waals surface area contributed by atoms with Crippen LogP contribution in [0.15, 0.2) is 28.5 Å². The molecular weight excluding hydrogens is 268 g/mol. The van der Waals surface area contributed by atoms with Crippen LogP contribution in [0.25, 0.3) is 0 Å². The number of rotatable bonds is 7. The van der Waals surface area contributed by atoms with Crippen LogP contribution in [-0.2, 0) is 16.6 Å². The van der Waals surface area contributed by atoms with Gasteiger partial charge in [-0.15, -0.1) is 11.3 Å². The molecule has 102 valence electrons. The smallest absolute Gasteiger partial charge is 0.244 e. The van der Waals surface area contributed by atoms with Crippen molar-refractivity contribution in [2.24, 2.45) is 0 Å². The summed E-state index contributed by atoms with van der Waals surface area (Å²) in [6, 6.07) is 1.73. The van der Waals surface area contributed by atoms with Crippen molar-refractivity contribution in [3.63, 3.8) is 0 Å². The normalized spacial score (nSPS) is 12.0. The quantitative estimate of drug-likeness (QED) is 0.781. The molecule has 1 aromatic heterocycles. The molecule has 1 N–H and O–H groups in total. The topological polar surface area (TPSA) is 49.4 Å². The number of nitrogens with zero attached hydrogens (tertiary/aromatic N) is 1. The van der Waals surface area contributed by atoms with Crippen LogP contribution in [0.2, 0.25) is 0 Å². The molecule has 4 nitrogen and oxygen atoms in total. The molecule has 18 heavy (non-hydrogen) atoms. The van der Waals surface area contributed by atoms with Crippen LogP contribution in [-0.4, -0.2) is 32.9 Å². The Morgan fingerprint density at radius 3 is 2.72 bits per heavy atom. The molecule has 0 saturated heterocycles. The van der Waals surface area contributed by atoms with Crippen LogP contribution in [0, 0.1) is 0 Å². The summed E-state index contributed by atoms with van der Waals surface area (Å²) in [5.41, 5.74) is 0.839. The summed E-state index contributed by atoms with van der Waals surface area (Å²) in [7, 11) is -1.55. The zero-order valence-corrected chi connectivity index (χ0v) is 12.7. The highest BCUT2D eigenvalue weighted by Crippen LogP contribution is 2.23. The van der Waals surface area contributed by atoms with Crippen molar-refractivity contribution in [3.05, 3.63) is 28.5 Å². The molecule has 0 spiro atoms. The summed E-state index contributed by atoms with van der Waals surface area (Å²) in [5.74, 6) is 0. The van der Waals surface area contributed by atoms with Gasteiger partial charge in [-0.1, -0.05) is 19.1 Å². The van der Waals surface area contributed by atoms with E-state index in [0.29, 0.717) is 24.5 Å². The number of sulfonamides is 1. The Bertz CT molecular complexity index is 506. The highest BCUT2D eigenvalue weighted by molar-refractivity contribution is 7.89. The van der Waals surface area contributed by atoms with E-state index < -0.39 is 10.0 Å². The number of nitrogens with one attached hydrogen (secondary N) is 1. The summed E-state index contributed by atoms with van der Waals surface area (Å²) >= 11 is 1.46. The third kappa shape index (κ3) is 3.65. The van der Waals surface area contributed by atoms with Gasteiger partial charge in [0, 0.05) is 29.9 Å². The summed E-state index contributed by atoms with van der Waals surface area (Å²) < 4.78 is 26.2. The van der Waals surface area contributed by atoms with E-state index in [1.165, 1.54) is 15.6 Å². The highest BCUT2D eigenvalue weighted by atomic mass is 32.2. The molecule has 0 fully saturated rings. The first-order chi connectivity index (χ1) is 8.41. The van der Waals surface area contributed by atoms with Crippen molar-refractivity contribution in [1.29, 1.82) is 0 Å². The fourth-order valence-corrected chi connectivity index (χ4v) is 4.36. The predicted octanol–water partition coefficient (Wildman–Crippen LogP) is 2.05. The molecule has 0 saturated carbocycles. The Morgan fingerprint density at radius 2 is 2.22 bits per heavy atom. The van der Waals surface area contributed by atoms with Gasteiger partial charge in [0.2, 0.25) is 10.0 Å². The van der Waals surface area contributed by atoms with Crippen LogP contribution in [0.4, 0.5) is 0 Å². The lowest BCUT2D eigenvalue weighted by molar-refractivity contribution is 0.453. The van der Waals surface area contributed by atoms with Gasteiger partial charge >= 0.3 is 0 Å². The SMILES string of the molecule is C=C(C)CN(CC)S(=O)(=O)c1csc(CNC)c1. The van der Waals surface area contributed by atoms with Crippen molar-refractivity contribution in [2.75, 3.05) is 20.1 Å². The predicted molar refractivity (Wildman–Crippen MR) is 76.3 cm³/mol. The second kappa shape index (κ2) is 6.47. The molecule has 1 heterocycles. The Balaban J connectivity index is 2.99. The Hall–Kier alpha value is -0.690. The molecule has 0 radical (unpaired) electrons. The van der Waals surface area contributed by atoms with Gasteiger partial charge in [-0.25, -0.2) is 8.42 Å². The maximum absolute atomic E-state index is 12.4. The first-order valence-corrected chi connectivity index (χ1v) is 8.10. The van der Waals surface area contributed by atoms with E-state index in [-0.39, 0.29) is 0 Å². The van der Waals surface area contributed by atoms with E-state index in [4.69, 9.17) is 0 Å². The minimum absolute atomic E-state index is 0.371. The van der Waals surface area contributed by atoms with E-state index in [0.717, 1.165) is 10.5 Å². The van der Waals surface area contributed by atoms with E-state index in [9.17, 15) is 8.42 Å². The first kappa shape index (κ1) is 15.4. The molecule has 0 aliphatic carbocycles. The summed E-state index contributed by atoms with van der Waals surface area (Å²) in [5, 5.41) is 4.71. The van der Waals surface area contributed by atoms with Crippen LogP contribution < -0.4 is 5.32 Å². The third-order valence-electron chi connectivity index (χ3n) is 2.42. The Kier molecular flexibility index (Phi) is 5.52. The average molecular weight is 288 g/mol. The highest BCUT2D eigenvalue weighted by Gasteiger charge is 2.24. The minimum atomic E-state index is -3.39. The standard InChI is InChI=1S/C12H20N2O2S2/c1-5-14(8-10(2)3)18(15,16)12-6-11(7-13-4)17-9-12/h6,9,13H,2,5,7-8H2,1,3-4H3. The zero-order valence-electron chi connectivity index (χ0n) is 11.1. The van der Waals surface area contributed by atoms with Crippen molar-refractivity contribution < 1.29 is 8.42 Å². The lowest BCUT2D eigenvalue weighted by atomic mass is 10.3. The van der Waals surface area contributed by atoms with Crippen molar-refractivity contribution in [1.82, 2.24) is 9.62 Å². The fourth-order valence-electron chi connectivity index (χ4n) is 1.58. The molecule has 0 aromatic carbocycles. The van der Waals surface area contributed by atoms with Gasteiger partial charge in [0.25, 0.3) is 0 Å². The van der Waals surface area contributed by atoms with Gasteiger partial charge in [-0.05, 0) is 20.0 Å². The van der Waals surface area contributed by atoms with Gasteiger partial charge in [-0.2, -0.15) is 4.31 Å². The van der Waals surface area contributed by atoms with Crippen LogP contribution in [0.5, 0.6) is 0 Å². The molecule has 6 heteroatoms. The molecular formula is C12H20N2O2S2. The number of hydrogen-bond donors (Lipinski definition) is 1. The minimum Gasteiger partial charge on any atom is -0.315 e. The zero-order chi connectivity index (χ0) is 13.8. The van der Waals surface area contributed by atoms with Crippen molar-refractivity contribution >= 4 is 21.4 Å². The molecule has 0 aliphatic heterocycles. The molecule has 0 aliphatic rings. The number of thiophene rings is 1.